The summed E-state index contributed by atoms with van der Waals surface area (Å²) in [6.07, 6.45) is 0.868. The molecule has 2 amide bonds. The average Bonchev–Trinajstić information content (AvgIpc) is 3.67. The molecule has 0 radical (unpaired) electrons. The first kappa shape index (κ1) is 21.3. The maximum atomic E-state index is 14.6. The van der Waals surface area contributed by atoms with Crippen LogP contribution in [0.5, 0.6) is 0 Å². The predicted octanol–water partition coefficient (Wildman–Crippen LogP) is 1.67. The highest BCUT2D eigenvalue weighted by Gasteiger charge is 2.39. The number of nitrogens with one attached hydrogen (secondary N) is 1. The Balaban J connectivity index is 1.36. The molecule has 2 heterocycles. The van der Waals surface area contributed by atoms with Crippen molar-refractivity contribution in [2.45, 2.75) is 25.5 Å². The summed E-state index contributed by atoms with van der Waals surface area (Å²) in [4.78, 5) is 40.1. The van der Waals surface area contributed by atoms with Gasteiger partial charge in [-0.2, -0.15) is 5.10 Å². The molecular formula is C24H23FN4O4. The highest BCUT2D eigenvalue weighted by Crippen LogP contribution is 2.32. The van der Waals surface area contributed by atoms with E-state index in [9.17, 15) is 23.9 Å². The first-order valence-corrected chi connectivity index (χ1v) is 10.9. The van der Waals surface area contributed by atoms with Crippen LogP contribution in [0.4, 0.5) is 4.39 Å². The molecule has 170 valence electrons. The van der Waals surface area contributed by atoms with Crippen molar-refractivity contribution in [1.82, 2.24) is 20.0 Å². The number of piperazine rings is 1. The van der Waals surface area contributed by atoms with Gasteiger partial charge >= 0.3 is 0 Å². The lowest BCUT2D eigenvalue weighted by atomic mass is 10.0. The summed E-state index contributed by atoms with van der Waals surface area (Å²) in [6.45, 7) is 0.383. The monoisotopic (exact) mass is 450 g/mol. The fourth-order valence-electron chi connectivity index (χ4n) is 4.29. The Morgan fingerprint density at radius 3 is 2.61 bits per heavy atom. The molecule has 33 heavy (non-hydrogen) atoms. The molecular weight excluding hydrogens is 427 g/mol. The van der Waals surface area contributed by atoms with Crippen LogP contribution in [0.1, 0.15) is 34.5 Å². The largest absolute Gasteiger partial charge is 0.372 e. The Labute approximate surface area is 188 Å². The van der Waals surface area contributed by atoms with Crippen LogP contribution in [0.2, 0.25) is 0 Å². The van der Waals surface area contributed by atoms with Gasteiger partial charge in [0, 0.05) is 30.8 Å². The zero-order valence-corrected chi connectivity index (χ0v) is 17.8. The number of halogens is 1. The minimum Gasteiger partial charge on any atom is -0.372 e. The number of hydrogen-bond donors (Lipinski definition) is 2. The first-order chi connectivity index (χ1) is 15.9. The van der Waals surface area contributed by atoms with Crippen LogP contribution in [0.25, 0.3) is 10.8 Å². The van der Waals surface area contributed by atoms with Gasteiger partial charge in [-0.05, 0) is 36.6 Å². The van der Waals surface area contributed by atoms with Crippen molar-refractivity contribution in [2.24, 2.45) is 5.92 Å². The smallest absolute Gasteiger partial charge is 0.272 e. The Hall–Kier alpha value is -3.59. The quantitative estimate of drug-likeness (QED) is 0.629. The van der Waals surface area contributed by atoms with Crippen molar-refractivity contribution < 1.29 is 19.1 Å². The second-order valence-corrected chi connectivity index (χ2v) is 8.57. The molecule has 1 aliphatic heterocycles. The molecule has 2 aromatic carbocycles. The fraction of sp³-hybridized carbons (Fsp3) is 0.333. The summed E-state index contributed by atoms with van der Waals surface area (Å²) < 4.78 is 14.6. The molecule has 2 fully saturated rings. The van der Waals surface area contributed by atoms with E-state index in [0.29, 0.717) is 28.5 Å². The second-order valence-electron chi connectivity index (χ2n) is 8.57. The molecule has 9 heteroatoms. The van der Waals surface area contributed by atoms with E-state index < -0.39 is 18.0 Å². The molecule has 3 aromatic rings. The number of β-amino-alcohol motifs (C(OH)–C–C–N with tert-alkyl or cyclic N) is 1. The van der Waals surface area contributed by atoms with E-state index in [1.807, 2.05) is 6.07 Å². The molecule has 5 rings (SSSR count). The zero-order valence-electron chi connectivity index (χ0n) is 17.8. The lowest BCUT2D eigenvalue weighted by molar-refractivity contribution is -0.147. The Kier molecular flexibility index (Phi) is 5.41. The van der Waals surface area contributed by atoms with Gasteiger partial charge in [0.25, 0.3) is 11.5 Å². The minimum absolute atomic E-state index is 0.0198. The van der Waals surface area contributed by atoms with E-state index in [2.05, 4.69) is 10.2 Å². The summed E-state index contributed by atoms with van der Waals surface area (Å²) in [6, 6.07) is 11.4. The van der Waals surface area contributed by atoms with Gasteiger partial charge in [-0.1, -0.05) is 24.3 Å². The maximum Gasteiger partial charge on any atom is 0.272 e. The molecule has 8 nitrogen and oxygen atoms in total. The van der Waals surface area contributed by atoms with E-state index in [1.54, 1.807) is 24.3 Å². The van der Waals surface area contributed by atoms with Gasteiger partial charge < -0.3 is 14.9 Å². The number of amides is 2. The summed E-state index contributed by atoms with van der Waals surface area (Å²) in [5.41, 5.74) is 0.878. The summed E-state index contributed by atoms with van der Waals surface area (Å²) >= 11 is 0. The van der Waals surface area contributed by atoms with Crippen LogP contribution in [0.3, 0.4) is 0 Å². The number of fused-ring (bicyclic) bond motifs is 1. The van der Waals surface area contributed by atoms with Crippen LogP contribution in [-0.4, -0.2) is 62.8 Å². The maximum absolute atomic E-state index is 14.6. The number of aliphatic hydroxyl groups excluding tert-OH is 1. The SMILES string of the molecule is O=C(c1cc(Cc2n[nH]c(=O)c3ccccc23)ccc1F)N1CCN(C(=O)C2CC2)C(O)C1. The highest BCUT2D eigenvalue weighted by atomic mass is 19.1. The van der Waals surface area contributed by atoms with Crippen molar-refractivity contribution in [2.75, 3.05) is 19.6 Å². The van der Waals surface area contributed by atoms with E-state index in [4.69, 9.17) is 0 Å². The normalized spacial score (nSPS) is 18.5. The minimum atomic E-state index is -1.10. The summed E-state index contributed by atoms with van der Waals surface area (Å²) in [5, 5.41) is 18.2. The van der Waals surface area contributed by atoms with E-state index in [1.165, 1.54) is 21.9 Å². The molecule has 1 aliphatic carbocycles. The van der Waals surface area contributed by atoms with Crippen LogP contribution in [0.15, 0.2) is 47.3 Å². The number of benzene rings is 2. The second kappa shape index (κ2) is 8.40. The third kappa shape index (κ3) is 4.11. The molecule has 2 aliphatic rings. The Morgan fingerprint density at radius 1 is 1.12 bits per heavy atom. The molecule has 1 saturated carbocycles. The van der Waals surface area contributed by atoms with Crippen LogP contribution in [-0.2, 0) is 11.2 Å². The molecule has 2 N–H and O–H groups in total. The number of carbonyl (C=O) groups excluding carboxylic acids is 2. The van der Waals surface area contributed by atoms with E-state index in [-0.39, 0.29) is 42.6 Å². The van der Waals surface area contributed by atoms with Crippen molar-refractivity contribution in [1.29, 1.82) is 0 Å². The van der Waals surface area contributed by atoms with E-state index in [0.717, 1.165) is 12.8 Å². The van der Waals surface area contributed by atoms with Crippen molar-refractivity contribution in [3.63, 3.8) is 0 Å². The third-order valence-electron chi connectivity index (χ3n) is 6.26. The average molecular weight is 450 g/mol. The summed E-state index contributed by atoms with van der Waals surface area (Å²) in [5.74, 6) is -1.29. The van der Waals surface area contributed by atoms with E-state index >= 15 is 0 Å². The summed E-state index contributed by atoms with van der Waals surface area (Å²) in [7, 11) is 0. The van der Waals surface area contributed by atoms with Crippen LogP contribution >= 0.6 is 0 Å². The molecule has 1 saturated heterocycles. The number of aromatic nitrogens is 2. The van der Waals surface area contributed by atoms with Crippen LogP contribution < -0.4 is 5.56 Å². The Morgan fingerprint density at radius 2 is 1.88 bits per heavy atom. The molecule has 1 unspecified atom stereocenters. The number of H-pyrrole nitrogens is 1. The first-order valence-electron chi connectivity index (χ1n) is 10.9. The van der Waals surface area contributed by atoms with Gasteiger partial charge in [-0.3, -0.25) is 14.4 Å². The van der Waals surface area contributed by atoms with Crippen molar-refractivity contribution in [3.05, 3.63) is 75.5 Å². The van der Waals surface area contributed by atoms with Crippen LogP contribution in [0, 0.1) is 11.7 Å². The van der Waals surface area contributed by atoms with Gasteiger partial charge in [-0.15, -0.1) is 0 Å². The standard InChI is InChI=1S/C24H23FN4O4/c25-19-8-5-14(12-20-16-3-1-2-4-17(16)22(31)27-26-20)11-18(19)24(33)28-9-10-29(21(30)13-28)23(32)15-6-7-15/h1-5,8,11,15,21,30H,6-7,9-10,12-13H2,(H,27,31). The molecule has 1 atom stereocenters. The van der Waals surface area contributed by atoms with Gasteiger partial charge in [-0.25, -0.2) is 9.49 Å². The third-order valence-corrected chi connectivity index (χ3v) is 6.26. The zero-order chi connectivity index (χ0) is 23.1. The molecule has 0 bridgehead atoms. The fourth-order valence-corrected chi connectivity index (χ4v) is 4.29. The molecule has 1 aromatic heterocycles. The van der Waals surface area contributed by atoms with Gasteiger partial charge in [0.1, 0.15) is 12.0 Å². The van der Waals surface area contributed by atoms with Gasteiger partial charge in [0.05, 0.1) is 23.2 Å². The number of rotatable bonds is 4. The predicted molar refractivity (Wildman–Crippen MR) is 118 cm³/mol. The number of aromatic amines is 1. The lowest BCUT2D eigenvalue weighted by Crippen LogP contribution is -2.57. The topological polar surface area (TPSA) is 107 Å². The number of hydrogen-bond acceptors (Lipinski definition) is 5. The van der Waals surface area contributed by atoms with Gasteiger partial charge in [0.15, 0.2) is 0 Å². The lowest BCUT2D eigenvalue weighted by Gasteiger charge is -2.39. The van der Waals surface area contributed by atoms with Crippen molar-refractivity contribution in [3.8, 4) is 0 Å². The van der Waals surface area contributed by atoms with Crippen molar-refractivity contribution >= 4 is 22.6 Å². The highest BCUT2D eigenvalue weighted by molar-refractivity contribution is 5.95. The Bertz CT molecular complexity index is 1300. The molecule has 0 spiro atoms. The number of nitrogens with zero attached hydrogens (tertiary/aromatic N) is 3. The van der Waals surface area contributed by atoms with Gasteiger partial charge in [0.2, 0.25) is 5.91 Å². The number of aliphatic hydroxyl groups is 1. The number of carbonyl (C=O) groups is 2.